The van der Waals surface area contributed by atoms with Gasteiger partial charge in [-0.25, -0.2) is 18.6 Å². The van der Waals surface area contributed by atoms with Crippen molar-refractivity contribution in [3.8, 4) is 0 Å². The van der Waals surface area contributed by atoms with Gasteiger partial charge in [0.2, 0.25) is 0 Å². The number of halogens is 5. The monoisotopic (exact) mass is 485 g/mol. The highest BCUT2D eigenvalue weighted by Crippen LogP contribution is 2.36. The molecule has 10 heteroatoms. The van der Waals surface area contributed by atoms with Crippen LogP contribution in [-0.2, 0) is 10.9 Å². The quantitative estimate of drug-likeness (QED) is 0.516. The van der Waals surface area contributed by atoms with Gasteiger partial charge in [-0.3, -0.25) is 4.90 Å². The van der Waals surface area contributed by atoms with Crippen molar-refractivity contribution >= 4 is 6.09 Å². The van der Waals surface area contributed by atoms with Gasteiger partial charge in [-0.15, -0.1) is 0 Å². The molecule has 1 unspecified atom stereocenters. The lowest BCUT2D eigenvalue weighted by Crippen LogP contribution is -2.59. The number of carbonyl (C=O) groups excluding carboxylic acids is 1. The Hall–Kier alpha value is -2.75. The molecule has 0 N–H and O–H groups in total. The number of carbonyl (C=O) groups is 1. The third-order valence-electron chi connectivity index (χ3n) is 5.60. The Morgan fingerprint density at radius 3 is 2.18 bits per heavy atom. The summed E-state index contributed by atoms with van der Waals surface area (Å²) >= 11 is 0. The number of amides is 1. The van der Waals surface area contributed by atoms with E-state index in [1.165, 1.54) is 30.3 Å². The van der Waals surface area contributed by atoms with E-state index in [0.29, 0.717) is 5.56 Å². The Labute approximate surface area is 195 Å². The number of alkyl halides is 3. The molecule has 2 aromatic rings. The zero-order valence-corrected chi connectivity index (χ0v) is 19.7. The average molecular weight is 485 g/mol. The van der Waals surface area contributed by atoms with Crippen LogP contribution in [0.4, 0.5) is 26.7 Å². The van der Waals surface area contributed by atoms with Crippen LogP contribution < -0.4 is 0 Å². The topological polar surface area (TPSA) is 45.7 Å². The minimum Gasteiger partial charge on any atom is -0.444 e. The zero-order valence-electron chi connectivity index (χ0n) is 19.7. The van der Waals surface area contributed by atoms with Crippen LogP contribution >= 0.6 is 0 Å². The molecule has 1 aliphatic heterocycles. The van der Waals surface area contributed by atoms with Gasteiger partial charge in [-0.1, -0.05) is 12.1 Å². The fourth-order valence-corrected chi connectivity index (χ4v) is 4.07. The summed E-state index contributed by atoms with van der Waals surface area (Å²) in [5.41, 5.74) is -1.81. The van der Waals surface area contributed by atoms with Gasteiger partial charge in [0, 0.05) is 25.2 Å². The maximum absolute atomic E-state index is 13.9. The summed E-state index contributed by atoms with van der Waals surface area (Å²) < 4.78 is 73.2. The summed E-state index contributed by atoms with van der Waals surface area (Å²) in [5, 5.41) is 0. The number of nitrogens with zero attached hydrogens (tertiary/aromatic N) is 3. The summed E-state index contributed by atoms with van der Waals surface area (Å²) in [6.45, 7) is 9.45. The highest BCUT2D eigenvalue weighted by atomic mass is 19.4. The fraction of sp³-hybridized carbons (Fsp3) is 0.500. The van der Waals surface area contributed by atoms with Crippen LogP contribution in [0.15, 0.2) is 36.4 Å². The van der Waals surface area contributed by atoms with Crippen LogP contribution in [-0.4, -0.2) is 51.7 Å². The van der Waals surface area contributed by atoms with E-state index < -0.39 is 41.2 Å². The Bertz CT molecular complexity index is 1020. The molecule has 1 amide bonds. The number of ether oxygens (including phenoxy) is 1. The maximum Gasteiger partial charge on any atom is 0.436 e. The summed E-state index contributed by atoms with van der Waals surface area (Å²) in [7, 11) is 0. The van der Waals surface area contributed by atoms with Gasteiger partial charge in [0.25, 0.3) is 0 Å². The van der Waals surface area contributed by atoms with E-state index in [4.69, 9.17) is 4.74 Å². The van der Waals surface area contributed by atoms with Crippen LogP contribution in [0.25, 0.3) is 0 Å². The molecule has 1 fully saturated rings. The molecule has 0 aliphatic carbocycles. The predicted molar refractivity (Wildman–Crippen MR) is 116 cm³/mol. The molecule has 0 radical (unpaired) electrons. The van der Waals surface area contributed by atoms with E-state index in [2.05, 4.69) is 4.98 Å². The summed E-state index contributed by atoms with van der Waals surface area (Å²) in [4.78, 5) is 19.8. The van der Waals surface area contributed by atoms with Crippen molar-refractivity contribution in [2.45, 2.75) is 64.5 Å². The molecule has 0 spiro atoms. The van der Waals surface area contributed by atoms with E-state index in [1.807, 2.05) is 18.7 Å². The molecule has 0 bridgehead atoms. The van der Waals surface area contributed by atoms with E-state index in [1.54, 1.807) is 25.7 Å². The number of hydrogen-bond donors (Lipinski definition) is 0. The standard InChI is InChI=1S/C24H28F5N3O2/c1-14-13-32(22(33)34-23(3,4)5)15(2)12-31(14)20(16-6-8-17(25)9-7-16)19-11-10-18(26)21(30-19)24(27,28)29/h6-11,14-15,20H,12-13H2,1-5H3/t14-,15+,20?/m1/s1. The molecule has 1 saturated heterocycles. The summed E-state index contributed by atoms with van der Waals surface area (Å²) in [6.07, 6.45) is -5.45. The number of pyridine rings is 1. The Balaban J connectivity index is 2.00. The zero-order chi connectivity index (χ0) is 25.4. The Kier molecular flexibility index (Phi) is 7.21. The molecule has 3 atom stereocenters. The molecule has 0 saturated carbocycles. The van der Waals surface area contributed by atoms with Crippen LogP contribution in [0.3, 0.4) is 0 Å². The third-order valence-corrected chi connectivity index (χ3v) is 5.60. The summed E-state index contributed by atoms with van der Waals surface area (Å²) in [5.74, 6) is -1.97. The predicted octanol–water partition coefficient (Wildman–Crippen LogP) is 5.80. The van der Waals surface area contributed by atoms with Crippen molar-refractivity contribution in [1.29, 1.82) is 0 Å². The van der Waals surface area contributed by atoms with Crippen LogP contribution in [0, 0.1) is 11.6 Å². The smallest absolute Gasteiger partial charge is 0.436 e. The Morgan fingerprint density at radius 1 is 1.00 bits per heavy atom. The van der Waals surface area contributed by atoms with Crippen LogP contribution in [0.5, 0.6) is 0 Å². The first-order valence-corrected chi connectivity index (χ1v) is 10.9. The minimum atomic E-state index is -4.97. The second-order valence-corrected chi connectivity index (χ2v) is 9.55. The maximum atomic E-state index is 13.9. The SMILES string of the molecule is C[C@@H]1CN(C(=O)OC(C)(C)C)[C@@H](C)CN1C(c1ccc(F)cc1)c1ccc(F)c(C(F)(F)F)n1. The second kappa shape index (κ2) is 9.48. The van der Waals surface area contributed by atoms with Gasteiger partial charge in [-0.05, 0) is 64.4 Å². The average Bonchev–Trinajstić information content (AvgIpc) is 2.70. The van der Waals surface area contributed by atoms with E-state index >= 15 is 0 Å². The van der Waals surface area contributed by atoms with Gasteiger partial charge in [0.05, 0.1) is 11.7 Å². The normalized spacial score (nSPS) is 20.8. The van der Waals surface area contributed by atoms with Crippen LogP contribution in [0.1, 0.15) is 57.6 Å². The van der Waals surface area contributed by atoms with Gasteiger partial charge in [0.15, 0.2) is 11.5 Å². The minimum absolute atomic E-state index is 0.0231. The van der Waals surface area contributed by atoms with E-state index in [9.17, 15) is 26.7 Å². The molecule has 3 rings (SSSR count). The largest absolute Gasteiger partial charge is 0.444 e. The lowest BCUT2D eigenvalue weighted by Gasteiger charge is -2.47. The lowest BCUT2D eigenvalue weighted by molar-refractivity contribution is -0.143. The summed E-state index contributed by atoms with van der Waals surface area (Å²) in [6, 6.07) is 5.83. The lowest BCUT2D eigenvalue weighted by atomic mass is 9.96. The first-order chi connectivity index (χ1) is 15.7. The third kappa shape index (κ3) is 5.84. The molecular weight excluding hydrogens is 457 g/mol. The van der Waals surface area contributed by atoms with Crippen molar-refractivity contribution < 1.29 is 31.5 Å². The molecule has 1 aromatic heterocycles. The fourth-order valence-electron chi connectivity index (χ4n) is 4.07. The molecule has 5 nitrogen and oxygen atoms in total. The van der Waals surface area contributed by atoms with Crippen molar-refractivity contribution in [2.24, 2.45) is 0 Å². The Morgan fingerprint density at radius 2 is 1.62 bits per heavy atom. The number of benzene rings is 1. The first kappa shape index (κ1) is 25.9. The molecule has 186 valence electrons. The molecule has 2 heterocycles. The first-order valence-electron chi connectivity index (χ1n) is 10.9. The number of piperazine rings is 1. The highest BCUT2D eigenvalue weighted by Gasteiger charge is 2.41. The van der Waals surface area contributed by atoms with Gasteiger partial charge in [-0.2, -0.15) is 13.2 Å². The molecule has 1 aliphatic rings. The van der Waals surface area contributed by atoms with Crippen molar-refractivity contribution in [2.75, 3.05) is 13.1 Å². The van der Waals surface area contributed by atoms with E-state index in [0.717, 1.165) is 6.07 Å². The highest BCUT2D eigenvalue weighted by molar-refractivity contribution is 5.68. The van der Waals surface area contributed by atoms with E-state index in [-0.39, 0.29) is 30.9 Å². The second-order valence-electron chi connectivity index (χ2n) is 9.55. The molecule has 1 aromatic carbocycles. The number of aromatic nitrogens is 1. The van der Waals surface area contributed by atoms with Crippen molar-refractivity contribution in [3.05, 3.63) is 65.0 Å². The van der Waals surface area contributed by atoms with Gasteiger partial charge >= 0.3 is 12.3 Å². The van der Waals surface area contributed by atoms with Gasteiger partial charge in [0.1, 0.15) is 11.4 Å². The molecule has 34 heavy (non-hydrogen) atoms. The van der Waals surface area contributed by atoms with Gasteiger partial charge < -0.3 is 9.64 Å². The van der Waals surface area contributed by atoms with Crippen LogP contribution in [0.2, 0.25) is 0 Å². The van der Waals surface area contributed by atoms with Crippen molar-refractivity contribution in [1.82, 2.24) is 14.8 Å². The number of rotatable bonds is 3. The van der Waals surface area contributed by atoms with Crippen molar-refractivity contribution in [3.63, 3.8) is 0 Å². The number of hydrogen-bond acceptors (Lipinski definition) is 4. The molecular formula is C24H28F5N3O2.